The van der Waals surface area contributed by atoms with Gasteiger partial charge in [-0.05, 0) is 17.7 Å². The van der Waals surface area contributed by atoms with Crippen LogP contribution in [0.4, 0.5) is 0 Å². The Labute approximate surface area is 105 Å². The molecule has 86 valence electrons. The first-order valence-electron chi connectivity index (χ1n) is 5.78. The molecular weight excluding hydrogens is 222 g/mol. The normalized spacial score (nSPS) is 10.4. The van der Waals surface area contributed by atoms with Crippen LogP contribution in [-0.4, -0.2) is 9.97 Å². The van der Waals surface area contributed by atoms with Crippen LogP contribution in [0, 0.1) is 11.3 Å². The van der Waals surface area contributed by atoms with E-state index >= 15 is 0 Å². The van der Waals surface area contributed by atoms with Gasteiger partial charge in [-0.25, -0.2) is 4.98 Å². The van der Waals surface area contributed by atoms with Crippen molar-refractivity contribution in [1.29, 1.82) is 5.26 Å². The van der Waals surface area contributed by atoms with Crippen LogP contribution in [0.25, 0.3) is 22.3 Å². The Kier molecular flexibility index (Phi) is 2.54. The van der Waals surface area contributed by atoms with Crippen LogP contribution in [0.3, 0.4) is 0 Å². The highest BCUT2D eigenvalue weighted by molar-refractivity contribution is 5.82. The number of H-pyrrole nitrogens is 1. The molecule has 3 aromatic rings. The summed E-state index contributed by atoms with van der Waals surface area (Å²) in [6.45, 7) is 0. The second kappa shape index (κ2) is 4.34. The maximum absolute atomic E-state index is 8.75. The lowest BCUT2D eigenvalue weighted by Gasteiger charge is -2.00. The van der Waals surface area contributed by atoms with Crippen molar-refractivity contribution in [1.82, 2.24) is 9.97 Å². The Hall–Kier alpha value is -2.60. The molecule has 0 amide bonds. The lowest BCUT2D eigenvalue weighted by Crippen LogP contribution is -1.84. The number of aromatic nitrogens is 2. The smallest absolute Gasteiger partial charge is 0.138 e. The number of benzene rings is 1. The third-order valence-electron chi connectivity index (χ3n) is 2.96. The van der Waals surface area contributed by atoms with E-state index < -0.39 is 0 Å². The molecule has 2 heterocycles. The number of nitriles is 1. The highest BCUT2D eigenvalue weighted by Crippen LogP contribution is 2.22. The summed E-state index contributed by atoms with van der Waals surface area (Å²) < 4.78 is 0. The van der Waals surface area contributed by atoms with Crippen molar-refractivity contribution in [2.45, 2.75) is 6.42 Å². The minimum atomic E-state index is 0.409. The summed E-state index contributed by atoms with van der Waals surface area (Å²) in [4.78, 5) is 7.70. The number of aromatic amines is 1. The second-order valence-corrected chi connectivity index (χ2v) is 4.11. The molecule has 18 heavy (non-hydrogen) atoms. The van der Waals surface area contributed by atoms with Crippen molar-refractivity contribution in [3.8, 4) is 17.3 Å². The van der Waals surface area contributed by atoms with Gasteiger partial charge in [0, 0.05) is 17.1 Å². The Morgan fingerprint density at radius 3 is 2.72 bits per heavy atom. The summed E-state index contributed by atoms with van der Waals surface area (Å²) in [5.41, 5.74) is 3.87. The summed E-state index contributed by atoms with van der Waals surface area (Å²) in [5, 5.41) is 9.77. The van der Waals surface area contributed by atoms with Crippen LogP contribution in [0.2, 0.25) is 0 Å². The van der Waals surface area contributed by atoms with E-state index in [2.05, 4.69) is 16.0 Å². The third-order valence-corrected chi connectivity index (χ3v) is 2.96. The summed E-state index contributed by atoms with van der Waals surface area (Å²) in [6.07, 6.45) is 2.27. The molecular formula is C15H11N3. The number of hydrogen-bond donors (Lipinski definition) is 1. The number of pyridine rings is 1. The number of nitrogens with one attached hydrogen (secondary N) is 1. The van der Waals surface area contributed by atoms with Crippen molar-refractivity contribution in [3.63, 3.8) is 0 Å². The fourth-order valence-electron chi connectivity index (χ4n) is 2.06. The third kappa shape index (κ3) is 1.74. The maximum atomic E-state index is 8.75. The van der Waals surface area contributed by atoms with E-state index in [1.165, 1.54) is 0 Å². The van der Waals surface area contributed by atoms with Gasteiger partial charge in [-0.1, -0.05) is 30.3 Å². The number of fused-ring (bicyclic) bond motifs is 1. The zero-order valence-electron chi connectivity index (χ0n) is 9.72. The van der Waals surface area contributed by atoms with Crippen molar-refractivity contribution in [2.24, 2.45) is 0 Å². The molecule has 0 unspecified atom stereocenters. The maximum Gasteiger partial charge on any atom is 0.138 e. The van der Waals surface area contributed by atoms with Gasteiger partial charge in [-0.3, -0.25) is 0 Å². The molecule has 0 atom stereocenters. The van der Waals surface area contributed by atoms with Crippen LogP contribution in [0.15, 0.2) is 48.7 Å². The molecule has 0 saturated heterocycles. The van der Waals surface area contributed by atoms with Gasteiger partial charge in [-0.15, -0.1) is 0 Å². The van der Waals surface area contributed by atoms with Crippen LogP contribution in [0.1, 0.15) is 5.56 Å². The van der Waals surface area contributed by atoms with E-state index in [0.29, 0.717) is 6.42 Å². The molecule has 1 aromatic carbocycles. The Morgan fingerprint density at radius 2 is 1.94 bits per heavy atom. The predicted molar refractivity (Wildman–Crippen MR) is 70.8 cm³/mol. The quantitative estimate of drug-likeness (QED) is 0.738. The lowest BCUT2D eigenvalue weighted by molar-refractivity contribution is 1.27. The highest BCUT2D eigenvalue weighted by Gasteiger charge is 2.06. The fourth-order valence-corrected chi connectivity index (χ4v) is 2.06. The van der Waals surface area contributed by atoms with E-state index in [1.807, 2.05) is 48.7 Å². The van der Waals surface area contributed by atoms with Crippen molar-refractivity contribution in [2.75, 3.05) is 0 Å². The average molecular weight is 233 g/mol. The summed E-state index contributed by atoms with van der Waals surface area (Å²) in [6, 6.07) is 16.2. The first kappa shape index (κ1) is 10.5. The van der Waals surface area contributed by atoms with E-state index in [1.54, 1.807) is 0 Å². The van der Waals surface area contributed by atoms with Crippen molar-refractivity contribution in [3.05, 3.63) is 54.2 Å². The van der Waals surface area contributed by atoms with E-state index in [4.69, 9.17) is 5.26 Å². The van der Waals surface area contributed by atoms with Gasteiger partial charge in [0.1, 0.15) is 5.65 Å². The summed E-state index contributed by atoms with van der Waals surface area (Å²) >= 11 is 0. The first-order valence-corrected chi connectivity index (χ1v) is 5.78. The van der Waals surface area contributed by atoms with E-state index in [9.17, 15) is 0 Å². The zero-order valence-corrected chi connectivity index (χ0v) is 9.72. The highest BCUT2D eigenvalue weighted by atomic mass is 14.9. The van der Waals surface area contributed by atoms with E-state index in [-0.39, 0.29) is 0 Å². The lowest BCUT2D eigenvalue weighted by atomic mass is 10.1. The molecule has 0 bridgehead atoms. The fraction of sp³-hybridized carbons (Fsp3) is 0.0667. The second-order valence-electron chi connectivity index (χ2n) is 4.11. The molecule has 3 nitrogen and oxygen atoms in total. The van der Waals surface area contributed by atoms with Crippen LogP contribution in [0.5, 0.6) is 0 Å². The topological polar surface area (TPSA) is 52.5 Å². The average Bonchev–Trinajstić information content (AvgIpc) is 2.83. The number of hydrogen-bond acceptors (Lipinski definition) is 2. The van der Waals surface area contributed by atoms with Crippen molar-refractivity contribution < 1.29 is 0 Å². The van der Waals surface area contributed by atoms with Gasteiger partial charge in [0.2, 0.25) is 0 Å². The minimum absolute atomic E-state index is 0.409. The minimum Gasteiger partial charge on any atom is -0.346 e. The van der Waals surface area contributed by atoms with Gasteiger partial charge in [0.15, 0.2) is 0 Å². The molecule has 0 spiro atoms. The molecule has 0 aliphatic carbocycles. The number of rotatable bonds is 2. The molecule has 0 saturated carbocycles. The number of nitrogens with zero attached hydrogens (tertiary/aromatic N) is 2. The van der Waals surface area contributed by atoms with Gasteiger partial charge >= 0.3 is 0 Å². The summed E-state index contributed by atoms with van der Waals surface area (Å²) in [5.74, 6) is 0. The molecule has 1 N–H and O–H groups in total. The SMILES string of the molecule is N#CCc1c[nH]c2nc(-c3ccccc3)ccc12. The van der Waals surface area contributed by atoms with Gasteiger partial charge in [0.25, 0.3) is 0 Å². The standard InChI is InChI=1S/C15H11N3/c16-9-8-12-10-17-15-13(12)6-7-14(18-15)11-4-2-1-3-5-11/h1-7,10H,8H2,(H,17,18). The largest absolute Gasteiger partial charge is 0.346 e. The predicted octanol–water partition coefficient (Wildman–Crippen LogP) is 3.30. The van der Waals surface area contributed by atoms with Crippen LogP contribution < -0.4 is 0 Å². The molecule has 3 rings (SSSR count). The Balaban J connectivity index is 2.11. The van der Waals surface area contributed by atoms with Crippen LogP contribution in [-0.2, 0) is 6.42 Å². The Morgan fingerprint density at radius 1 is 1.11 bits per heavy atom. The molecule has 0 aliphatic rings. The first-order chi connectivity index (χ1) is 8.88. The molecule has 0 radical (unpaired) electrons. The monoisotopic (exact) mass is 233 g/mol. The van der Waals surface area contributed by atoms with Crippen molar-refractivity contribution >= 4 is 11.0 Å². The van der Waals surface area contributed by atoms with Crippen LogP contribution >= 0.6 is 0 Å². The van der Waals surface area contributed by atoms with E-state index in [0.717, 1.165) is 27.9 Å². The van der Waals surface area contributed by atoms with Gasteiger partial charge in [-0.2, -0.15) is 5.26 Å². The Bertz CT molecular complexity index is 720. The zero-order chi connectivity index (χ0) is 12.4. The van der Waals surface area contributed by atoms with Gasteiger partial charge in [0.05, 0.1) is 18.2 Å². The molecule has 3 heteroatoms. The van der Waals surface area contributed by atoms with Gasteiger partial charge < -0.3 is 4.98 Å². The molecule has 0 aliphatic heterocycles. The molecule has 2 aromatic heterocycles. The summed E-state index contributed by atoms with van der Waals surface area (Å²) in [7, 11) is 0. The molecule has 0 fully saturated rings.